The lowest BCUT2D eigenvalue weighted by atomic mass is 9.84. The average Bonchev–Trinajstić information content (AvgIpc) is 3.22. The molecule has 2 aromatic heterocycles. The van der Waals surface area contributed by atoms with Gasteiger partial charge in [0, 0.05) is 37.6 Å². The summed E-state index contributed by atoms with van der Waals surface area (Å²) in [5.41, 5.74) is 1.37. The van der Waals surface area contributed by atoms with Crippen LogP contribution in [0.25, 0.3) is 0 Å². The molecule has 8 heteroatoms. The molecule has 2 aliphatic rings. The lowest BCUT2D eigenvalue weighted by Gasteiger charge is -2.27. The van der Waals surface area contributed by atoms with Gasteiger partial charge in [-0.25, -0.2) is 4.68 Å². The summed E-state index contributed by atoms with van der Waals surface area (Å²) >= 11 is 0. The molecule has 1 saturated heterocycles. The van der Waals surface area contributed by atoms with Gasteiger partial charge in [0.1, 0.15) is 6.07 Å². The molecule has 2 atom stereocenters. The first-order chi connectivity index (χ1) is 12.3. The van der Waals surface area contributed by atoms with E-state index >= 15 is 0 Å². The van der Waals surface area contributed by atoms with Crippen LogP contribution in [0.3, 0.4) is 0 Å². The summed E-state index contributed by atoms with van der Waals surface area (Å²) in [7, 11) is 0. The molecule has 0 radical (unpaired) electrons. The highest BCUT2D eigenvalue weighted by molar-refractivity contribution is 5.80. The number of anilines is 1. The molecule has 1 amide bonds. The second-order valence-electron chi connectivity index (χ2n) is 6.60. The summed E-state index contributed by atoms with van der Waals surface area (Å²) in [5, 5.41) is 20.5. The largest absolute Gasteiger partial charge is 0.366 e. The molecule has 1 aliphatic heterocycles. The van der Waals surface area contributed by atoms with Gasteiger partial charge in [0.25, 0.3) is 0 Å². The summed E-state index contributed by atoms with van der Waals surface area (Å²) in [5.74, 6) is 0.263. The Labute approximate surface area is 145 Å². The number of nitrogens with zero attached hydrogens (tertiary/aromatic N) is 6. The van der Waals surface area contributed by atoms with Crippen molar-refractivity contribution >= 4 is 11.6 Å². The Bertz CT molecular complexity index is 794. The third-order valence-electron chi connectivity index (χ3n) is 5.13. The van der Waals surface area contributed by atoms with Crippen molar-refractivity contribution in [2.75, 3.05) is 18.0 Å². The summed E-state index contributed by atoms with van der Waals surface area (Å²) in [6, 6.07) is 3.93. The van der Waals surface area contributed by atoms with Crippen molar-refractivity contribution in [2.45, 2.75) is 31.3 Å². The number of rotatable bonds is 4. The molecule has 1 N–H and O–H groups in total. The topological polar surface area (TPSA) is 99.7 Å². The van der Waals surface area contributed by atoms with E-state index in [4.69, 9.17) is 0 Å². The number of carbonyl (C=O) groups is 1. The minimum Gasteiger partial charge on any atom is -0.366 e. The smallest absolute Gasteiger partial charge is 0.223 e. The molecular formula is C17H19N7O. The van der Waals surface area contributed by atoms with Gasteiger partial charge in [-0.05, 0) is 18.9 Å². The molecule has 0 bridgehead atoms. The van der Waals surface area contributed by atoms with E-state index in [0.29, 0.717) is 18.7 Å². The van der Waals surface area contributed by atoms with E-state index in [2.05, 4.69) is 31.6 Å². The van der Waals surface area contributed by atoms with Crippen molar-refractivity contribution in [1.82, 2.24) is 25.3 Å². The zero-order valence-electron chi connectivity index (χ0n) is 13.7. The molecule has 4 rings (SSSR count). The lowest BCUT2D eigenvalue weighted by molar-refractivity contribution is -0.128. The Hall–Kier alpha value is -2.95. The van der Waals surface area contributed by atoms with Gasteiger partial charge >= 0.3 is 0 Å². The number of hydrogen-bond acceptors (Lipinski definition) is 6. The van der Waals surface area contributed by atoms with Crippen LogP contribution in [0.4, 0.5) is 5.69 Å². The molecule has 2 aromatic rings. The Kier molecular flexibility index (Phi) is 4.06. The van der Waals surface area contributed by atoms with Crippen LogP contribution in [0.1, 0.15) is 30.9 Å². The van der Waals surface area contributed by atoms with Gasteiger partial charge in [-0.1, -0.05) is 11.6 Å². The Morgan fingerprint density at radius 2 is 2.20 bits per heavy atom. The van der Waals surface area contributed by atoms with Crippen molar-refractivity contribution in [3.05, 3.63) is 36.4 Å². The third kappa shape index (κ3) is 2.93. The van der Waals surface area contributed by atoms with E-state index in [1.807, 2.05) is 12.3 Å². The quantitative estimate of drug-likeness (QED) is 0.889. The standard InChI is InChI=1S/C17H19N7O/c18-8-13-9-19-5-4-15(13)23-10-14(21-17(25)12-2-1-3-12)16(11-23)24-7-6-20-22-24/h4-7,9,12,14,16H,1-3,10-11H2,(H,21,25)/t14-,16+/m1/s1. The van der Waals surface area contributed by atoms with E-state index in [1.165, 1.54) is 0 Å². The fraction of sp³-hybridized carbons (Fsp3) is 0.471. The predicted octanol–water partition coefficient (Wildman–Crippen LogP) is 0.891. The summed E-state index contributed by atoms with van der Waals surface area (Å²) in [6.07, 6.45) is 9.78. The van der Waals surface area contributed by atoms with Crippen molar-refractivity contribution in [3.63, 3.8) is 0 Å². The maximum atomic E-state index is 12.4. The van der Waals surface area contributed by atoms with Crippen LogP contribution in [0, 0.1) is 17.2 Å². The van der Waals surface area contributed by atoms with E-state index in [1.54, 1.807) is 23.3 Å². The molecule has 0 spiro atoms. The molecule has 3 heterocycles. The number of carbonyl (C=O) groups excluding carboxylic acids is 1. The van der Waals surface area contributed by atoms with E-state index < -0.39 is 0 Å². The third-order valence-corrected chi connectivity index (χ3v) is 5.13. The Morgan fingerprint density at radius 3 is 2.88 bits per heavy atom. The molecule has 0 unspecified atom stereocenters. The number of amides is 1. The maximum Gasteiger partial charge on any atom is 0.223 e. The highest BCUT2D eigenvalue weighted by Crippen LogP contribution is 2.31. The van der Waals surface area contributed by atoms with Crippen LogP contribution in [0.15, 0.2) is 30.9 Å². The van der Waals surface area contributed by atoms with E-state index in [0.717, 1.165) is 24.9 Å². The fourth-order valence-corrected chi connectivity index (χ4v) is 3.51. The van der Waals surface area contributed by atoms with Crippen molar-refractivity contribution in [3.8, 4) is 6.07 Å². The first-order valence-corrected chi connectivity index (χ1v) is 8.51. The van der Waals surface area contributed by atoms with Crippen LogP contribution >= 0.6 is 0 Å². The molecule has 25 heavy (non-hydrogen) atoms. The van der Waals surface area contributed by atoms with Gasteiger partial charge in [0.05, 0.1) is 29.5 Å². The lowest BCUT2D eigenvalue weighted by Crippen LogP contribution is -2.45. The number of nitrogens with one attached hydrogen (secondary N) is 1. The van der Waals surface area contributed by atoms with Crippen LogP contribution in [-0.4, -0.2) is 45.0 Å². The normalized spacial score (nSPS) is 23.1. The van der Waals surface area contributed by atoms with Crippen LogP contribution in [0.2, 0.25) is 0 Å². The van der Waals surface area contributed by atoms with E-state index in [9.17, 15) is 10.1 Å². The van der Waals surface area contributed by atoms with Crippen LogP contribution in [-0.2, 0) is 4.79 Å². The molecular weight excluding hydrogens is 318 g/mol. The summed E-state index contributed by atoms with van der Waals surface area (Å²) in [6.45, 7) is 1.28. The second-order valence-corrected chi connectivity index (χ2v) is 6.60. The zero-order chi connectivity index (χ0) is 17.2. The van der Waals surface area contributed by atoms with Gasteiger partial charge < -0.3 is 10.2 Å². The average molecular weight is 337 g/mol. The fourth-order valence-electron chi connectivity index (χ4n) is 3.51. The molecule has 1 aliphatic carbocycles. The highest BCUT2D eigenvalue weighted by atomic mass is 16.2. The first kappa shape index (κ1) is 15.6. The highest BCUT2D eigenvalue weighted by Gasteiger charge is 2.38. The summed E-state index contributed by atoms with van der Waals surface area (Å²) in [4.78, 5) is 18.6. The van der Waals surface area contributed by atoms with Gasteiger partial charge in [0.15, 0.2) is 0 Å². The zero-order valence-corrected chi connectivity index (χ0v) is 13.7. The monoisotopic (exact) mass is 337 g/mol. The SMILES string of the molecule is N#Cc1cnccc1N1C[C@@H](NC(=O)C2CCC2)[C@@H](n2ccnn2)C1. The predicted molar refractivity (Wildman–Crippen MR) is 89.5 cm³/mol. The molecule has 0 aromatic carbocycles. The van der Waals surface area contributed by atoms with Crippen LogP contribution < -0.4 is 10.2 Å². The number of nitriles is 1. The van der Waals surface area contributed by atoms with Crippen LogP contribution in [0.5, 0.6) is 0 Å². The van der Waals surface area contributed by atoms with Crippen molar-refractivity contribution in [2.24, 2.45) is 5.92 Å². The Balaban J connectivity index is 1.58. The second kappa shape index (κ2) is 6.51. The minimum absolute atomic E-state index is 0.0220. The maximum absolute atomic E-state index is 12.4. The van der Waals surface area contributed by atoms with E-state index in [-0.39, 0.29) is 23.9 Å². The van der Waals surface area contributed by atoms with Crippen molar-refractivity contribution in [1.29, 1.82) is 5.26 Å². The number of hydrogen-bond donors (Lipinski definition) is 1. The molecule has 8 nitrogen and oxygen atoms in total. The van der Waals surface area contributed by atoms with Crippen molar-refractivity contribution < 1.29 is 4.79 Å². The number of pyridine rings is 1. The van der Waals surface area contributed by atoms with Gasteiger partial charge in [-0.2, -0.15) is 5.26 Å². The van der Waals surface area contributed by atoms with Gasteiger partial charge in [-0.3, -0.25) is 9.78 Å². The molecule has 2 fully saturated rings. The Morgan fingerprint density at radius 1 is 1.32 bits per heavy atom. The molecule has 1 saturated carbocycles. The first-order valence-electron chi connectivity index (χ1n) is 8.51. The number of aromatic nitrogens is 4. The summed E-state index contributed by atoms with van der Waals surface area (Å²) < 4.78 is 1.79. The van der Waals surface area contributed by atoms with Gasteiger partial charge in [0.2, 0.25) is 5.91 Å². The van der Waals surface area contributed by atoms with Gasteiger partial charge in [-0.15, -0.1) is 5.10 Å². The molecule has 128 valence electrons. The minimum atomic E-state index is -0.0745.